The first-order chi connectivity index (χ1) is 31.3. The van der Waals surface area contributed by atoms with Crippen LogP contribution in [0.5, 0.6) is 0 Å². The van der Waals surface area contributed by atoms with Crippen molar-refractivity contribution < 1.29 is 62.3 Å². The number of halogens is 12. The van der Waals surface area contributed by atoms with Gasteiger partial charge in [-0.05, 0) is 127 Å². The van der Waals surface area contributed by atoms with Gasteiger partial charge in [-0.2, -0.15) is 52.7 Å². The average Bonchev–Trinajstić information content (AvgIpc) is 4.12. The molecule has 352 valence electrons. The number of carbonyl (C=O) groups is 2. The number of aryl methyl sites for hydroxylation is 2. The summed E-state index contributed by atoms with van der Waals surface area (Å²) in [6, 6.07) is 19.4. The molecule has 2 aromatic heterocycles. The Morgan fingerprint density at radius 1 is 0.567 bits per heavy atom. The van der Waals surface area contributed by atoms with Crippen LogP contribution in [0.1, 0.15) is 91.0 Å². The fraction of sp³-hybridized carbons (Fsp3) is 0.265. The highest BCUT2D eigenvalue weighted by atomic mass is 19.4. The summed E-state index contributed by atoms with van der Waals surface area (Å²) in [5.41, 5.74) is -1.22. The van der Waals surface area contributed by atoms with Crippen LogP contribution in [0, 0.1) is 13.8 Å². The van der Waals surface area contributed by atoms with E-state index in [1.165, 1.54) is 43.7 Å². The molecule has 1 saturated carbocycles. The van der Waals surface area contributed by atoms with Crippen molar-refractivity contribution in [1.29, 1.82) is 0 Å². The second-order valence-corrected chi connectivity index (χ2v) is 16.0. The summed E-state index contributed by atoms with van der Waals surface area (Å²) >= 11 is 0. The van der Waals surface area contributed by atoms with Gasteiger partial charge in [0.05, 0.1) is 39.4 Å². The number of rotatable bonds is 9. The van der Waals surface area contributed by atoms with Crippen molar-refractivity contribution in [3.8, 4) is 22.3 Å². The molecular formula is C49H40F12N4O2. The first kappa shape index (κ1) is 49.7. The van der Waals surface area contributed by atoms with Crippen LogP contribution in [0.15, 0.2) is 122 Å². The fourth-order valence-electron chi connectivity index (χ4n) is 7.37. The molecule has 4 aromatic carbocycles. The van der Waals surface area contributed by atoms with E-state index < -0.39 is 64.8 Å². The third-order valence-electron chi connectivity index (χ3n) is 11.2. The summed E-state index contributed by atoms with van der Waals surface area (Å²) in [6.07, 6.45) is -12.9. The molecule has 1 fully saturated rings. The van der Waals surface area contributed by atoms with E-state index in [1.807, 2.05) is 56.3 Å². The van der Waals surface area contributed by atoms with Gasteiger partial charge in [-0.3, -0.25) is 19.6 Å². The maximum absolute atomic E-state index is 13.5. The Bertz CT molecular complexity index is 2700. The molecule has 2 amide bonds. The van der Waals surface area contributed by atoms with E-state index in [0.717, 1.165) is 27.2 Å². The normalized spacial score (nSPS) is 13.6. The van der Waals surface area contributed by atoms with Crippen molar-refractivity contribution in [3.05, 3.63) is 177 Å². The van der Waals surface area contributed by atoms with Gasteiger partial charge in [0.15, 0.2) is 0 Å². The highest BCUT2D eigenvalue weighted by Crippen LogP contribution is 2.41. The van der Waals surface area contributed by atoms with Gasteiger partial charge < -0.3 is 9.80 Å². The van der Waals surface area contributed by atoms with E-state index in [2.05, 4.69) is 9.97 Å². The van der Waals surface area contributed by atoms with Crippen molar-refractivity contribution >= 4 is 11.8 Å². The van der Waals surface area contributed by atoms with Crippen LogP contribution >= 0.6 is 0 Å². The second-order valence-electron chi connectivity index (χ2n) is 16.0. The van der Waals surface area contributed by atoms with Gasteiger partial charge in [0.1, 0.15) is 0 Å². The van der Waals surface area contributed by atoms with Crippen LogP contribution in [-0.2, 0) is 31.2 Å². The molecule has 6 aromatic rings. The molecular weight excluding hydrogens is 905 g/mol. The Balaban J connectivity index is 0.000000221. The summed E-state index contributed by atoms with van der Waals surface area (Å²) in [5, 5.41) is 0. The number of benzene rings is 4. The Morgan fingerprint density at radius 2 is 0.955 bits per heavy atom. The Hall–Kier alpha value is -6.72. The molecule has 6 nitrogen and oxygen atoms in total. The third-order valence-corrected chi connectivity index (χ3v) is 11.2. The maximum Gasteiger partial charge on any atom is 0.416 e. The smallest absolute Gasteiger partial charge is 0.335 e. The van der Waals surface area contributed by atoms with Gasteiger partial charge in [-0.15, -0.1) is 0 Å². The zero-order chi connectivity index (χ0) is 49.2. The number of aromatic nitrogens is 2. The van der Waals surface area contributed by atoms with Crippen LogP contribution in [0.2, 0.25) is 0 Å². The van der Waals surface area contributed by atoms with Crippen molar-refractivity contribution in [3.63, 3.8) is 0 Å². The number of hydrogen-bond acceptors (Lipinski definition) is 4. The van der Waals surface area contributed by atoms with Crippen LogP contribution in [0.25, 0.3) is 22.3 Å². The molecule has 0 aliphatic heterocycles. The minimum atomic E-state index is -4.97. The lowest BCUT2D eigenvalue weighted by molar-refractivity contribution is -0.144. The predicted molar refractivity (Wildman–Crippen MR) is 225 cm³/mol. The first-order valence-electron chi connectivity index (χ1n) is 20.4. The number of hydrogen-bond donors (Lipinski definition) is 0. The molecule has 2 heterocycles. The van der Waals surface area contributed by atoms with Gasteiger partial charge in [-0.25, -0.2) is 0 Å². The average molecular weight is 945 g/mol. The van der Waals surface area contributed by atoms with Crippen molar-refractivity contribution in [2.45, 2.75) is 76.9 Å². The van der Waals surface area contributed by atoms with E-state index in [9.17, 15) is 62.3 Å². The maximum atomic E-state index is 13.5. The number of carbonyl (C=O) groups excluding carboxylic acids is 2. The molecule has 1 atom stereocenters. The summed E-state index contributed by atoms with van der Waals surface area (Å²) in [5.74, 6) is -1.07. The summed E-state index contributed by atoms with van der Waals surface area (Å²) in [7, 11) is 1.33. The zero-order valence-corrected chi connectivity index (χ0v) is 36.0. The van der Waals surface area contributed by atoms with E-state index in [1.54, 1.807) is 18.2 Å². The van der Waals surface area contributed by atoms with Crippen molar-refractivity contribution in [2.75, 3.05) is 7.05 Å². The SMILES string of the molecule is Cc1ccccc1-c1ccncc1C(=O)N(C)C(C)c1cc(C(F)(F)F)cc(C(F)(F)F)c1.Cc1ccccc1-c1ccncc1C(=O)N(Cc1cc(C(F)(F)F)cc(C(F)(F)F)c1)C1CC1. The lowest BCUT2D eigenvalue weighted by atomic mass is 9.96. The minimum Gasteiger partial charge on any atom is -0.335 e. The third kappa shape index (κ3) is 11.8. The molecule has 1 unspecified atom stereocenters. The highest BCUT2D eigenvalue weighted by molar-refractivity contribution is 6.02. The Labute approximate surface area is 376 Å². The zero-order valence-electron chi connectivity index (χ0n) is 36.0. The first-order valence-corrected chi connectivity index (χ1v) is 20.4. The second kappa shape index (κ2) is 19.2. The minimum absolute atomic E-state index is 0.0649. The molecule has 1 aliphatic carbocycles. The van der Waals surface area contributed by atoms with Gasteiger partial charge in [-0.1, -0.05) is 48.5 Å². The van der Waals surface area contributed by atoms with Crippen molar-refractivity contribution in [2.24, 2.45) is 0 Å². The summed E-state index contributed by atoms with van der Waals surface area (Å²) in [6.45, 7) is 4.73. The molecule has 1 aliphatic rings. The number of alkyl halides is 12. The molecule has 0 N–H and O–H groups in total. The lowest BCUT2D eigenvalue weighted by Crippen LogP contribution is -2.33. The fourth-order valence-corrected chi connectivity index (χ4v) is 7.37. The van der Waals surface area contributed by atoms with Crippen LogP contribution in [-0.4, -0.2) is 44.7 Å². The van der Waals surface area contributed by atoms with E-state index in [-0.39, 0.29) is 47.0 Å². The molecule has 67 heavy (non-hydrogen) atoms. The van der Waals surface area contributed by atoms with Crippen molar-refractivity contribution in [1.82, 2.24) is 19.8 Å². The molecule has 0 saturated heterocycles. The molecule has 0 spiro atoms. The van der Waals surface area contributed by atoms with E-state index >= 15 is 0 Å². The quantitative estimate of drug-likeness (QED) is 0.135. The lowest BCUT2D eigenvalue weighted by Gasteiger charge is -2.27. The van der Waals surface area contributed by atoms with E-state index in [4.69, 9.17) is 0 Å². The number of amides is 2. The monoisotopic (exact) mass is 944 g/mol. The molecule has 7 rings (SSSR count). The number of nitrogens with zero attached hydrogens (tertiary/aromatic N) is 4. The largest absolute Gasteiger partial charge is 0.416 e. The Kier molecular flexibility index (Phi) is 14.3. The van der Waals surface area contributed by atoms with Gasteiger partial charge in [0.2, 0.25) is 0 Å². The summed E-state index contributed by atoms with van der Waals surface area (Å²) < 4.78 is 159. The van der Waals surface area contributed by atoms with Gasteiger partial charge >= 0.3 is 24.7 Å². The highest BCUT2D eigenvalue weighted by Gasteiger charge is 2.40. The number of pyridine rings is 2. The molecule has 0 bridgehead atoms. The molecule has 0 radical (unpaired) electrons. The standard InChI is InChI=1S/C25H20F6N2O.C24H20F6N2O/c1-15-4-2-3-5-20(15)21-8-9-32-13-22(21)23(34)33(19-6-7-19)14-16-10-17(24(26,27)28)12-18(11-16)25(29,30)31;1-14-6-4-5-7-19(14)20-8-9-31-13-21(20)22(33)32(3)15(2)16-10-17(23(25,26)27)12-18(11-16)24(28,29)30/h2-5,8-13,19H,6-7,14H2,1H3;4-13,15H,1-3H3. The predicted octanol–water partition coefficient (Wildman–Crippen LogP) is 13.8. The Morgan fingerprint density at radius 3 is 1.34 bits per heavy atom. The van der Waals surface area contributed by atoms with Gasteiger partial charge in [0, 0.05) is 44.4 Å². The summed E-state index contributed by atoms with van der Waals surface area (Å²) in [4.78, 5) is 37.3. The van der Waals surface area contributed by atoms with Crippen LogP contribution in [0.3, 0.4) is 0 Å². The van der Waals surface area contributed by atoms with E-state index in [0.29, 0.717) is 48.2 Å². The molecule has 18 heteroatoms. The topological polar surface area (TPSA) is 66.4 Å². The van der Waals surface area contributed by atoms with Gasteiger partial charge in [0.25, 0.3) is 11.8 Å². The van der Waals surface area contributed by atoms with Crippen LogP contribution in [0.4, 0.5) is 52.7 Å². The van der Waals surface area contributed by atoms with Crippen LogP contribution < -0.4 is 0 Å².